The second-order valence-corrected chi connectivity index (χ2v) is 5.22. The van der Waals surface area contributed by atoms with E-state index in [1.807, 2.05) is 0 Å². The highest BCUT2D eigenvalue weighted by Gasteiger charge is 2.11. The topological polar surface area (TPSA) is 69.6 Å². The first-order valence-corrected chi connectivity index (χ1v) is 6.56. The van der Waals surface area contributed by atoms with E-state index in [-0.39, 0.29) is 11.9 Å². The third kappa shape index (κ3) is 7.92. The number of nitrogens with zero attached hydrogens (tertiary/aromatic N) is 1. The number of aliphatic carboxylic acids is 1. The van der Waals surface area contributed by atoms with Crippen molar-refractivity contribution in [1.29, 1.82) is 0 Å². The number of carbonyl (C=O) groups excluding carboxylic acids is 1. The summed E-state index contributed by atoms with van der Waals surface area (Å²) >= 11 is 0. The van der Waals surface area contributed by atoms with Crippen LogP contribution < -0.4 is 5.32 Å². The lowest BCUT2D eigenvalue weighted by Gasteiger charge is -2.19. The van der Waals surface area contributed by atoms with Crippen LogP contribution >= 0.6 is 0 Å². The lowest BCUT2D eigenvalue weighted by molar-refractivity contribution is -0.141. The summed E-state index contributed by atoms with van der Waals surface area (Å²) in [5.41, 5.74) is 0. The number of carboxylic acid groups (broad SMARTS) is 1. The maximum absolute atomic E-state index is 11.6. The zero-order valence-electron chi connectivity index (χ0n) is 11.9. The quantitative estimate of drug-likeness (QED) is 0.656. The van der Waals surface area contributed by atoms with Gasteiger partial charge < -0.3 is 15.3 Å². The summed E-state index contributed by atoms with van der Waals surface area (Å²) in [6.07, 6.45) is 2.27. The highest BCUT2D eigenvalue weighted by Crippen LogP contribution is 2.04. The van der Waals surface area contributed by atoms with Gasteiger partial charge in [-0.05, 0) is 25.2 Å². The van der Waals surface area contributed by atoms with Gasteiger partial charge >= 0.3 is 12.0 Å². The molecule has 2 amide bonds. The van der Waals surface area contributed by atoms with Crippen LogP contribution in [0.3, 0.4) is 0 Å². The maximum Gasteiger partial charge on any atom is 0.317 e. The normalized spacial score (nSPS) is 12.3. The molecule has 0 aliphatic carbocycles. The molecule has 18 heavy (non-hydrogen) atoms. The first-order chi connectivity index (χ1) is 8.34. The maximum atomic E-state index is 11.6. The van der Waals surface area contributed by atoms with Gasteiger partial charge in [0.2, 0.25) is 0 Å². The second kappa shape index (κ2) is 8.78. The predicted octanol–water partition coefficient (Wildman–Crippen LogP) is 2.17. The number of amides is 2. The van der Waals surface area contributed by atoms with Crippen LogP contribution in [0.25, 0.3) is 0 Å². The molecule has 5 nitrogen and oxygen atoms in total. The fourth-order valence-corrected chi connectivity index (χ4v) is 1.42. The van der Waals surface area contributed by atoms with Crippen molar-refractivity contribution in [2.24, 2.45) is 11.8 Å². The number of rotatable bonds is 8. The third-order valence-electron chi connectivity index (χ3n) is 2.90. The molecule has 0 spiro atoms. The van der Waals surface area contributed by atoms with Gasteiger partial charge in [-0.1, -0.05) is 20.8 Å². The van der Waals surface area contributed by atoms with Crippen LogP contribution in [0.15, 0.2) is 0 Å². The average Bonchev–Trinajstić information content (AvgIpc) is 2.30. The Kier molecular flexibility index (Phi) is 8.16. The molecule has 0 rings (SSSR count). The Bertz CT molecular complexity index is 267. The Morgan fingerprint density at radius 1 is 1.22 bits per heavy atom. The fourth-order valence-electron chi connectivity index (χ4n) is 1.42. The molecular weight excluding hydrogens is 232 g/mol. The van der Waals surface area contributed by atoms with Crippen LogP contribution in [-0.4, -0.2) is 42.1 Å². The standard InChI is InChI=1S/C13H26N2O3/c1-10(2)7-9-15(4)13(18)14-8-5-6-11(3)12(16)17/h10-11H,5-9H2,1-4H3,(H,14,18)(H,16,17). The van der Waals surface area contributed by atoms with E-state index in [0.29, 0.717) is 25.3 Å². The fraction of sp³-hybridized carbons (Fsp3) is 0.846. The van der Waals surface area contributed by atoms with Crippen molar-refractivity contribution in [3.05, 3.63) is 0 Å². The zero-order chi connectivity index (χ0) is 14.1. The summed E-state index contributed by atoms with van der Waals surface area (Å²) in [6, 6.07) is -0.0846. The molecule has 2 N–H and O–H groups in total. The molecule has 0 aliphatic heterocycles. The van der Waals surface area contributed by atoms with Crippen molar-refractivity contribution in [3.63, 3.8) is 0 Å². The molecule has 0 aromatic heterocycles. The van der Waals surface area contributed by atoms with E-state index in [2.05, 4.69) is 19.2 Å². The number of nitrogens with one attached hydrogen (secondary N) is 1. The van der Waals surface area contributed by atoms with Crippen LogP contribution in [-0.2, 0) is 4.79 Å². The van der Waals surface area contributed by atoms with E-state index in [1.165, 1.54) is 0 Å². The van der Waals surface area contributed by atoms with E-state index in [9.17, 15) is 9.59 Å². The highest BCUT2D eigenvalue weighted by molar-refractivity contribution is 5.73. The zero-order valence-corrected chi connectivity index (χ0v) is 11.9. The summed E-state index contributed by atoms with van der Waals surface area (Å²) in [7, 11) is 1.78. The van der Waals surface area contributed by atoms with Crippen molar-refractivity contribution in [2.45, 2.75) is 40.0 Å². The number of carboxylic acids is 1. The van der Waals surface area contributed by atoms with Crippen LogP contribution in [0.2, 0.25) is 0 Å². The Balaban J connectivity index is 3.67. The molecule has 1 atom stereocenters. The second-order valence-electron chi connectivity index (χ2n) is 5.22. The first kappa shape index (κ1) is 16.7. The summed E-state index contributed by atoms with van der Waals surface area (Å²) in [4.78, 5) is 23.9. The highest BCUT2D eigenvalue weighted by atomic mass is 16.4. The van der Waals surface area contributed by atoms with Crippen molar-refractivity contribution in [3.8, 4) is 0 Å². The van der Waals surface area contributed by atoms with E-state index >= 15 is 0 Å². The Morgan fingerprint density at radius 2 is 1.83 bits per heavy atom. The molecule has 0 fully saturated rings. The van der Waals surface area contributed by atoms with Gasteiger partial charge in [0.05, 0.1) is 5.92 Å². The van der Waals surface area contributed by atoms with Crippen molar-refractivity contribution >= 4 is 12.0 Å². The molecule has 0 radical (unpaired) electrons. The van der Waals surface area contributed by atoms with Gasteiger partial charge in [-0.25, -0.2) is 4.79 Å². The first-order valence-electron chi connectivity index (χ1n) is 6.56. The van der Waals surface area contributed by atoms with Crippen molar-refractivity contribution < 1.29 is 14.7 Å². The van der Waals surface area contributed by atoms with Gasteiger partial charge in [0.15, 0.2) is 0 Å². The van der Waals surface area contributed by atoms with E-state index in [4.69, 9.17) is 5.11 Å². The van der Waals surface area contributed by atoms with Crippen LogP contribution in [0, 0.1) is 11.8 Å². The Labute approximate surface area is 110 Å². The molecule has 0 bridgehead atoms. The summed E-state index contributed by atoms with van der Waals surface area (Å²) in [5.74, 6) is -0.549. The van der Waals surface area contributed by atoms with E-state index < -0.39 is 5.97 Å². The minimum Gasteiger partial charge on any atom is -0.481 e. The molecule has 0 aromatic carbocycles. The average molecular weight is 258 g/mol. The van der Waals surface area contributed by atoms with Gasteiger partial charge in [0, 0.05) is 20.1 Å². The lowest BCUT2D eigenvalue weighted by atomic mass is 10.1. The number of hydrogen-bond acceptors (Lipinski definition) is 2. The minimum atomic E-state index is -0.782. The van der Waals surface area contributed by atoms with E-state index in [0.717, 1.165) is 13.0 Å². The molecule has 0 aromatic rings. The summed E-state index contributed by atoms with van der Waals surface area (Å²) in [5, 5.41) is 11.5. The van der Waals surface area contributed by atoms with Crippen molar-refractivity contribution in [1.82, 2.24) is 10.2 Å². The Hall–Kier alpha value is -1.26. The number of carbonyl (C=O) groups is 2. The van der Waals surface area contributed by atoms with Gasteiger partial charge in [0.25, 0.3) is 0 Å². The predicted molar refractivity (Wildman–Crippen MR) is 71.5 cm³/mol. The van der Waals surface area contributed by atoms with Gasteiger partial charge in [-0.2, -0.15) is 0 Å². The Morgan fingerprint density at radius 3 is 2.33 bits per heavy atom. The van der Waals surface area contributed by atoms with Gasteiger partial charge in [-0.15, -0.1) is 0 Å². The molecule has 0 aliphatic rings. The molecule has 1 unspecified atom stereocenters. The van der Waals surface area contributed by atoms with Gasteiger partial charge in [-0.3, -0.25) is 4.79 Å². The summed E-state index contributed by atoms with van der Waals surface area (Å²) < 4.78 is 0. The van der Waals surface area contributed by atoms with Crippen LogP contribution in [0.4, 0.5) is 4.79 Å². The number of hydrogen-bond donors (Lipinski definition) is 2. The smallest absolute Gasteiger partial charge is 0.317 e. The largest absolute Gasteiger partial charge is 0.481 e. The molecule has 0 heterocycles. The molecule has 106 valence electrons. The molecule has 0 saturated carbocycles. The minimum absolute atomic E-state index is 0.0846. The lowest BCUT2D eigenvalue weighted by Crippen LogP contribution is -2.38. The van der Waals surface area contributed by atoms with Crippen LogP contribution in [0.5, 0.6) is 0 Å². The molecular formula is C13H26N2O3. The summed E-state index contributed by atoms with van der Waals surface area (Å²) in [6.45, 7) is 7.20. The van der Waals surface area contributed by atoms with Crippen LogP contribution in [0.1, 0.15) is 40.0 Å². The van der Waals surface area contributed by atoms with Crippen molar-refractivity contribution in [2.75, 3.05) is 20.1 Å². The van der Waals surface area contributed by atoms with E-state index in [1.54, 1.807) is 18.9 Å². The number of urea groups is 1. The SMILES string of the molecule is CC(C)CCN(C)C(=O)NCCCC(C)C(=O)O. The van der Waals surface area contributed by atoms with Gasteiger partial charge in [0.1, 0.15) is 0 Å². The molecule has 5 heteroatoms. The molecule has 0 saturated heterocycles. The monoisotopic (exact) mass is 258 g/mol. The third-order valence-corrected chi connectivity index (χ3v) is 2.90.